The van der Waals surface area contributed by atoms with Crippen molar-refractivity contribution in [2.45, 2.75) is 19.8 Å². The smallest absolute Gasteiger partial charge is 0.310 e. The second kappa shape index (κ2) is 11.0. The lowest BCUT2D eigenvalue weighted by atomic mass is 9.98. The Balaban J connectivity index is 1.44. The Morgan fingerprint density at radius 2 is 1.89 bits per heavy atom. The van der Waals surface area contributed by atoms with Crippen LogP contribution in [0.15, 0.2) is 66.9 Å². The van der Waals surface area contributed by atoms with Gasteiger partial charge in [-0.1, -0.05) is 36.4 Å². The Hall–Kier alpha value is -3.94. The molecule has 2 amide bonds. The Labute approximate surface area is 205 Å². The van der Waals surface area contributed by atoms with Gasteiger partial charge in [0.05, 0.1) is 36.6 Å². The SMILES string of the molecule is CCOC(=O)C1CCCN(C(=O)CN(C)C(=O)c2cccc(-n3nccc3-c3ccccc3)c2)C1. The highest BCUT2D eigenvalue weighted by Crippen LogP contribution is 2.23. The minimum atomic E-state index is -0.307. The van der Waals surface area contributed by atoms with E-state index in [0.717, 1.165) is 23.4 Å². The van der Waals surface area contributed by atoms with Gasteiger partial charge in [0.1, 0.15) is 0 Å². The second-order valence-corrected chi connectivity index (χ2v) is 8.64. The largest absolute Gasteiger partial charge is 0.466 e. The summed E-state index contributed by atoms with van der Waals surface area (Å²) in [6.07, 6.45) is 3.18. The number of likely N-dealkylation sites (tertiary alicyclic amines) is 1. The van der Waals surface area contributed by atoms with E-state index in [1.807, 2.05) is 48.5 Å². The summed E-state index contributed by atoms with van der Waals surface area (Å²) in [7, 11) is 1.61. The number of likely N-dealkylation sites (N-methyl/N-ethyl adjacent to an activating group) is 1. The van der Waals surface area contributed by atoms with Crippen LogP contribution in [0.1, 0.15) is 30.1 Å². The maximum atomic E-state index is 13.1. The molecule has 2 aromatic carbocycles. The molecule has 182 valence electrons. The molecule has 2 heterocycles. The van der Waals surface area contributed by atoms with Crippen molar-refractivity contribution in [1.82, 2.24) is 19.6 Å². The lowest BCUT2D eigenvalue weighted by Crippen LogP contribution is -2.47. The normalized spacial score (nSPS) is 15.5. The summed E-state index contributed by atoms with van der Waals surface area (Å²) in [4.78, 5) is 41.2. The Morgan fingerprint density at radius 3 is 2.66 bits per heavy atom. The summed E-state index contributed by atoms with van der Waals surface area (Å²) >= 11 is 0. The minimum absolute atomic E-state index is 0.0599. The summed E-state index contributed by atoms with van der Waals surface area (Å²) in [5.41, 5.74) is 3.16. The fourth-order valence-corrected chi connectivity index (χ4v) is 4.36. The van der Waals surface area contributed by atoms with Crippen molar-refractivity contribution < 1.29 is 19.1 Å². The van der Waals surface area contributed by atoms with Crippen LogP contribution in [0, 0.1) is 5.92 Å². The Bertz CT molecular complexity index is 1190. The second-order valence-electron chi connectivity index (χ2n) is 8.64. The molecule has 1 aromatic heterocycles. The maximum absolute atomic E-state index is 13.1. The summed E-state index contributed by atoms with van der Waals surface area (Å²) < 4.78 is 6.91. The van der Waals surface area contributed by atoms with Gasteiger partial charge < -0.3 is 14.5 Å². The van der Waals surface area contributed by atoms with Gasteiger partial charge in [-0.2, -0.15) is 5.10 Å². The van der Waals surface area contributed by atoms with Crippen LogP contribution >= 0.6 is 0 Å². The van der Waals surface area contributed by atoms with E-state index in [1.54, 1.807) is 41.9 Å². The van der Waals surface area contributed by atoms with Crippen LogP contribution in [0.4, 0.5) is 0 Å². The van der Waals surface area contributed by atoms with Gasteiger partial charge in [0.2, 0.25) is 5.91 Å². The number of carbonyl (C=O) groups excluding carboxylic acids is 3. The summed E-state index contributed by atoms with van der Waals surface area (Å²) in [5, 5.41) is 4.45. The molecule has 8 nitrogen and oxygen atoms in total. The highest BCUT2D eigenvalue weighted by atomic mass is 16.5. The van der Waals surface area contributed by atoms with Gasteiger partial charge in [0.15, 0.2) is 0 Å². The van der Waals surface area contributed by atoms with Crippen LogP contribution in [0.5, 0.6) is 0 Å². The first-order chi connectivity index (χ1) is 17.0. The molecule has 1 atom stereocenters. The summed E-state index contributed by atoms with van der Waals surface area (Å²) in [5.74, 6) is -1.00. The quantitative estimate of drug-likeness (QED) is 0.490. The van der Waals surface area contributed by atoms with Gasteiger partial charge in [-0.25, -0.2) is 4.68 Å². The van der Waals surface area contributed by atoms with Gasteiger partial charge >= 0.3 is 5.97 Å². The molecule has 8 heteroatoms. The van der Waals surface area contributed by atoms with Crippen molar-refractivity contribution >= 4 is 17.8 Å². The number of ether oxygens (including phenoxy) is 1. The molecule has 0 spiro atoms. The highest BCUT2D eigenvalue weighted by Gasteiger charge is 2.30. The van der Waals surface area contributed by atoms with Gasteiger partial charge in [0.25, 0.3) is 5.91 Å². The Kier molecular flexibility index (Phi) is 7.60. The number of carbonyl (C=O) groups is 3. The van der Waals surface area contributed by atoms with E-state index in [0.29, 0.717) is 31.7 Å². The predicted molar refractivity (Wildman–Crippen MR) is 132 cm³/mol. The lowest BCUT2D eigenvalue weighted by molar-refractivity contribution is -0.151. The highest BCUT2D eigenvalue weighted by molar-refractivity contribution is 5.97. The summed E-state index contributed by atoms with van der Waals surface area (Å²) in [6.45, 7) is 2.94. The number of amides is 2. The molecule has 1 unspecified atom stereocenters. The molecule has 1 saturated heterocycles. The first-order valence-electron chi connectivity index (χ1n) is 11.9. The van der Waals surface area contributed by atoms with E-state index in [-0.39, 0.29) is 30.2 Å². The number of aromatic nitrogens is 2. The number of hydrogen-bond donors (Lipinski definition) is 0. The molecule has 4 rings (SSSR count). The summed E-state index contributed by atoms with van der Waals surface area (Å²) in [6, 6.07) is 19.1. The van der Waals surface area contributed by atoms with Crippen molar-refractivity contribution in [1.29, 1.82) is 0 Å². The van der Waals surface area contributed by atoms with Gasteiger partial charge in [-0.15, -0.1) is 0 Å². The van der Waals surface area contributed by atoms with Crippen LogP contribution in [0.25, 0.3) is 16.9 Å². The predicted octanol–water partition coefficient (Wildman–Crippen LogP) is 3.41. The molecular formula is C27H30N4O4. The third-order valence-electron chi connectivity index (χ3n) is 6.16. The van der Waals surface area contributed by atoms with Gasteiger partial charge in [0, 0.05) is 31.3 Å². The first kappa shape index (κ1) is 24.2. The van der Waals surface area contributed by atoms with E-state index in [1.165, 1.54) is 4.90 Å². The lowest BCUT2D eigenvalue weighted by Gasteiger charge is -2.32. The maximum Gasteiger partial charge on any atom is 0.310 e. The number of rotatable bonds is 7. The molecule has 0 saturated carbocycles. The first-order valence-corrected chi connectivity index (χ1v) is 11.9. The number of hydrogen-bond acceptors (Lipinski definition) is 5. The number of piperidine rings is 1. The van der Waals surface area contributed by atoms with Crippen molar-refractivity contribution in [3.63, 3.8) is 0 Å². The molecule has 0 aliphatic carbocycles. The molecular weight excluding hydrogens is 444 g/mol. The fraction of sp³-hybridized carbons (Fsp3) is 0.333. The van der Waals surface area contributed by atoms with Crippen LogP contribution in [-0.4, -0.2) is 70.7 Å². The standard InChI is InChI=1S/C27H30N4O4/c1-3-35-27(34)22-12-8-16-30(18-22)25(32)19-29(2)26(33)21-11-7-13-23(17-21)31-24(14-15-28-31)20-9-5-4-6-10-20/h4-7,9-11,13-15,17,22H,3,8,12,16,18-19H2,1-2H3. The zero-order chi connectivity index (χ0) is 24.8. The molecule has 0 bridgehead atoms. The van der Waals surface area contributed by atoms with Crippen molar-refractivity contribution in [2.75, 3.05) is 33.3 Å². The van der Waals surface area contributed by atoms with Crippen molar-refractivity contribution in [3.8, 4) is 16.9 Å². The van der Waals surface area contributed by atoms with Gasteiger partial charge in [-0.05, 0) is 44.0 Å². The fourth-order valence-electron chi connectivity index (χ4n) is 4.36. The molecule has 1 aliphatic heterocycles. The van der Waals surface area contributed by atoms with Gasteiger partial charge in [-0.3, -0.25) is 14.4 Å². The number of nitrogens with zero attached hydrogens (tertiary/aromatic N) is 4. The average molecular weight is 475 g/mol. The monoisotopic (exact) mass is 474 g/mol. The number of esters is 1. The molecule has 1 fully saturated rings. The zero-order valence-corrected chi connectivity index (χ0v) is 20.1. The van der Waals surface area contributed by atoms with E-state index in [2.05, 4.69) is 5.10 Å². The third kappa shape index (κ3) is 5.59. The molecule has 0 N–H and O–H groups in total. The van der Waals surface area contributed by atoms with Crippen molar-refractivity contribution in [2.24, 2.45) is 5.92 Å². The zero-order valence-electron chi connectivity index (χ0n) is 20.1. The number of benzene rings is 2. The topological polar surface area (TPSA) is 84.7 Å². The van der Waals surface area contributed by atoms with Crippen LogP contribution in [0.3, 0.4) is 0 Å². The third-order valence-corrected chi connectivity index (χ3v) is 6.16. The van der Waals surface area contributed by atoms with Crippen LogP contribution in [0.2, 0.25) is 0 Å². The van der Waals surface area contributed by atoms with Crippen LogP contribution in [-0.2, 0) is 14.3 Å². The van der Waals surface area contributed by atoms with E-state index in [4.69, 9.17) is 4.74 Å². The molecule has 35 heavy (non-hydrogen) atoms. The van der Waals surface area contributed by atoms with E-state index < -0.39 is 0 Å². The molecule has 1 aliphatic rings. The molecule has 3 aromatic rings. The Morgan fingerprint density at radius 1 is 1.09 bits per heavy atom. The van der Waals surface area contributed by atoms with Crippen molar-refractivity contribution in [3.05, 3.63) is 72.4 Å². The molecule has 0 radical (unpaired) electrons. The van der Waals surface area contributed by atoms with E-state index in [9.17, 15) is 14.4 Å². The van der Waals surface area contributed by atoms with E-state index >= 15 is 0 Å². The minimum Gasteiger partial charge on any atom is -0.466 e. The van der Waals surface area contributed by atoms with Crippen LogP contribution < -0.4 is 0 Å². The average Bonchev–Trinajstić information content (AvgIpc) is 3.39.